The fourth-order valence-electron chi connectivity index (χ4n) is 2.84. The third-order valence-corrected chi connectivity index (χ3v) is 5.06. The molecule has 6 heteroatoms. The summed E-state index contributed by atoms with van der Waals surface area (Å²) in [5.41, 5.74) is 3.31. The van der Waals surface area contributed by atoms with Crippen LogP contribution in [0.4, 0.5) is 5.69 Å². The Morgan fingerprint density at radius 2 is 2.08 bits per heavy atom. The van der Waals surface area contributed by atoms with Crippen LogP contribution in [0.1, 0.15) is 10.6 Å². The van der Waals surface area contributed by atoms with Crippen molar-refractivity contribution >= 4 is 38.1 Å². The minimum absolute atomic E-state index is 0.0873. The number of benzene rings is 2. The van der Waals surface area contributed by atoms with Gasteiger partial charge in [0.1, 0.15) is 5.75 Å². The Hall–Kier alpha value is -2.86. The van der Waals surface area contributed by atoms with Crippen LogP contribution in [0.25, 0.3) is 21.1 Å². The van der Waals surface area contributed by atoms with Gasteiger partial charge in [0.05, 0.1) is 22.3 Å². The number of rotatable bonds is 4. The molecule has 2 aromatic heterocycles. The van der Waals surface area contributed by atoms with Crippen LogP contribution < -0.4 is 15.6 Å². The lowest BCUT2D eigenvalue weighted by atomic mass is 10.1. The number of hydrogen-bond acceptors (Lipinski definition) is 5. The van der Waals surface area contributed by atoms with Crippen LogP contribution >= 0.6 is 11.3 Å². The molecule has 0 aliphatic heterocycles. The van der Waals surface area contributed by atoms with Gasteiger partial charge in [-0.3, -0.25) is 4.79 Å². The molecule has 0 radical (unpaired) electrons. The van der Waals surface area contributed by atoms with Crippen molar-refractivity contribution in [2.75, 3.05) is 12.4 Å². The van der Waals surface area contributed by atoms with Gasteiger partial charge in [-0.25, -0.2) is 4.98 Å². The van der Waals surface area contributed by atoms with Crippen LogP contribution in [0.5, 0.6) is 5.75 Å². The molecule has 0 amide bonds. The number of pyridine rings is 1. The van der Waals surface area contributed by atoms with Gasteiger partial charge in [0.2, 0.25) is 0 Å². The van der Waals surface area contributed by atoms with Gasteiger partial charge >= 0.3 is 0 Å². The van der Waals surface area contributed by atoms with Crippen LogP contribution in [0.3, 0.4) is 0 Å². The van der Waals surface area contributed by atoms with Crippen molar-refractivity contribution in [1.29, 1.82) is 0 Å². The molecule has 0 aliphatic carbocycles. The van der Waals surface area contributed by atoms with Crippen LogP contribution in [-0.2, 0) is 6.54 Å². The molecule has 5 nitrogen and oxygen atoms in total. The topological polar surface area (TPSA) is 67.0 Å². The second-order valence-electron chi connectivity index (χ2n) is 5.85. The van der Waals surface area contributed by atoms with E-state index >= 15 is 0 Å². The Morgan fingerprint density at radius 3 is 2.92 bits per heavy atom. The molecule has 0 atom stereocenters. The highest BCUT2D eigenvalue weighted by atomic mass is 32.1. The molecule has 2 aromatic carbocycles. The van der Waals surface area contributed by atoms with Crippen molar-refractivity contribution in [3.63, 3.8) is 0 Å². The van der Waals surface area contributed by atoms with Crippen LogP contribution in [0.15, 0.2) is 47.3 Å². The van der Waals surface area contributed by atoms with E-state index in [1.807, 2.05) is 43.3 Å². The van der Waals surface area contributed by atoms with Crippen molar-refractivity contribution < 1.29 is 4.74 Å². The Labute approximate surface area is 148 Å². The summed E-state index contributed by atoms with van der Waals surface area (Å²) in [7, 11) is 1.63. The first-order valence-electron chi connectivity index (χ1n) is 7.93. The molecule has 0 unspecified atom stereocenters. The number of methoxy groups -OCH3 is 1. The lowest BCUT2D eigenvalue weighted by Crippen LogP contribution is -2.15. The quantitative estimate of drug-likeness (QED) is 0.582. The smallest absolute Gasteiger partial charge is 0.253 e. The van der Waals surface area contributed by atoms with E-state index in [0.717, 1.165) is 32.9 Å². The average molecular weight is 351 g/mol. The van der Waals surface area contributed by atoms with Gasteiger partial charge in [0.25, 0.3) is 5.56 Å². The Morgan fingerprint density at radius 1 is 1.20 bits per heavy atom. The summed E-state index contributed by atoms with van der Waals surface area (Å²) in [5, 5.41) is 5.30. The van der Waals surface area contributed by atoms with E-state index < -0.39 is 0 Å². The van der Waals surface area contributed by atoms with E-state index in [2.05, 4.69) is 21.4 Å². The lowest BCUT2D eigenvalue weighted by Gasteiger charge is -2.08. The number of nitrogens with one attached hydrogen (secondary N) is 2. The minimum atomic E-state index is -0.0873. The molecule has 2 N–H and O–H groups in total. The van der Waals surface area contributed by atoms with Crippen molar-refractivity contribution in [3.05, 3.63) is 63.4 Å². The largest absolute Gasteiger partial charge is 0.497 e. The molecular weight excluding hydrogens is 334 g/mol. The molecule has 2 heterocycles. The molecule has 0 spiro atoms. The molecule has 4 aromatic rings. The highest BCUT2D eigenvalue weighted by Gasteiger charge is 2.06. The van der Waals surface area contributed by atoms with Gasteiger partial charge in [0.15, 0.2) is 0 Å². The van der Waals surface area contributed by atoms with Crippen molar-refractivity contribution in [2.45, 2.75) is 13.5 Å². The molecule has 0 bridgehead atoms. The summed E-state index contributed by atoms with van der Waals surface area (Å²) in [4.78, 5) is 19.7. The standard InChI is InChI=1S/C19H17N3O2S/c1-11-21-17-9-14(3-6-18(17)25-11)20-10-13-7-12-8-15(24-2)4-5-16(12)22-19(13)23/h3-9,20H,10H2,1-2H3,(H,22,23). The SMILES string of the molecule is COc1ccc2[nH]c(=O)c(CNc3ccc4sc(C)nc4c3)cc2c1. The third kappa shape index (κ3) is 3.08. The average Bonchev–Trinajstić information content (AvgIpc) is 2.98. The molecule has 0 fully saturated rings. The molecule has 126 valence electrons. The second kappa shape index (κ2) is 6.22. The maximum atomic E-state index is 12.3. The summed E-state index contributed by atoms with van der Waals surface area (Å²) in [6.07, 6.45) is 0. The Balaban J connectivity index is 1.62. The van der Waals surface area contributed by atoms with Crippen molar-refractivity contribution in [1.82, 2.24) is 9.97 Å². The van der Waals surface area contributed by atoms with Crippen molar-refractivity contribution in [2.24, 2.45) is 0 Å². The van der Waals surface area contributed by atoms with E-state index in [9.17, 15) is 4.79 Å². The zero-order chi connectivity index (χ0) is 17.4. The zero-order valence-electron chi connectivity index (χ0n) is 13.9. The number of hydrogen-bond donors (Lipinski definition) is 2. The van der Waals surface area contributed by atoms with Crippen LogP contribution in [0.2, 0.25) is 0 Å². The molecule has 0 aliphatic rings. The monoisotopic (exact) mass is 351 g/mol. The predicted molar refractivity (Wildman–Crippen MR) is 103 cm³/mol. The van der Waals surface area contributed by atoms with E-state index in [-0.39, 0.29) is 5.56 Å². The number of thiazole rings is 1. The number of H-pyrrole nitrogens is 1. The zero-order valence-corrected chi connectivity index (χ0v) is 14.7. The summed E-state index contributed by atoms with van der Waals surface area (Å²) in [6.45, 7) is 2.44. The van der Waals surface area contributed by atoms with Gasteiger partial charge in [-0.2, -0.15) is 0 Å². The highest BCUT2D eigenvalue weighted by molar-refractivity contribution is 7.18. The molecule has 4 rings (SSSR count). The number of aryl methyl sites for hydroxylation is 1. The van der Waals surface area contributed by atoms with Gasteiger partial charge in [-0.1, -0.05) is 0 Å². The normalized spacial score (nSPS) is 11.1. The number of ether oxygens (including phenoxy) is 1. The maximum absolute atomic E-state index is 12.3. The minimum Gasteiger partial charge on any atom is -0.497 e. The molecular formula is C19H17N3O2S. The fraction of sp³-hybridized carbons (Fsp3) is 0.158. The first-order valence-corrected chi connectivity index (χ1v) is 8.75. The van der Waals surface area contributed by atoms with E-state index in [0.29, 0.717) is 12.1 Å². The van der Waals surface area contributed by atoms with Gasteiger partial charge in [0, 0.05) is 28.7 Å². The second-order valence-corrected chi connectivity index (χ2v) is 7.08. The fourth-order valence-corrected chi connectivity index (χ4v) is 3.65. The van der Waals surface area contributed by atoms with Crippen LogP contribution in [0, 0.1) is 6.92 Å². The Kier molecular flexibility index (Phi) is 3.89. The summed E-state index contributed by atoms with van der Waals surface area (Å²) < 4.78 is 6.42. The third-order valence-electron chi connectivity index (χ3n) is 4.11. The molecule has 0 saturated heterocycles. The number of aromatic nitrogens is 2. The van der Waals surface area contributed by atoms with Gasteiger partial charge in [-0.05, 0) is 49.4 Å². The lowest BCUT2D eigenvalue weighted by molar-refractivity contribution is 0.415. The number of fused-ring (bicyclic) bond motifs is 2. The van der Waals surface area contributed by atoms with E-state index in [1.165, 1.54) is 4.70 Å². The Bertz CT molecular complexity index is 1130. The summed E-state index contributed by atoms with van der Waals surface area (Å²) in [6, 6.07) is 13.6. The van der Waals surface area contributed by atoms with Gasteiger partial charge in [-0.15, -0.1) is 11.3 Å². The summed E-state index contributed by atoms with van der Waals surface area (Å²) >= 11 is 1.68. The number of aromatic amines is 1. The van der Waals surface area contributed by atoms with Crippen molar-refractivity contribution in [3.8, 4) is 5.75 Å². The summed E-state index contributed by atoms with van der Waals surface area (Å²) in [5.74, 6) is 0.766. The maximum Gasteiger partial charge on any atom is 0.253 e. The first kappa shape index (κ1) is 15.7. The number of nitrogens with zero attached hydrogens (tertiary/aromatic N) is 1. The number of anilines is 1. The van der Waals surface area contributed by atoms with E-state index in [4.69, 9.17) is 4.74 Å². The highest BCUT2D eigenvalue weighted by Crippen LogP contribution is 2.25. The van der Waals surface area contributed by atoms with Gasteiger partial charge < -0.3 is 15.0 Å². The van der Waals surface area contributed by atoms with Crippen LogP contribution in [-0.4, -0.2) is 17.1 Å². The predicted octanol–water partition coefficient (Wildman–Crippen LogP) is 4.07. The van der Waals surface area contributed by atoms with E-state index in [1.54, 1.807) is 18.4 Å². The molecule has 0 saturated carbocycles. The first-order chi connectivity index (χ1) is 12.1. The molecule has 25 heavy (non-hydrogen) atoms.